The SMILES string of the molecule is CS(=O)(=O)N1C[C@@H](Nc2ncc(Cl)n(CC(=O)NCc3cnc4[nH]ccc4c3)c2=O)[C@H](c2ccccn2)C1. The number of carbonyl (C=O) groups excluding carboxylic acids is 1. The first kappa shape index (κ1) is 25.8. The third kappa shape index (κ3) is 5.54. The van der Waals surface area contributed by atoms with Crippen LogP contribution in [0.1, 0.15) is 17.2 Å². The fraction of sp³-hybridized carbons (Fsp3) is 0.292. The summed E-state index contributed by atoms with van der Waals surface area (Å²) in [5.41, 5.74) is 1.65. The highest BCUT2D eigenvalue weighted by atomic mass is 35.5. The number of halogens is 1. The van der Waals surface area contributed by atoms with E-state index in [1.165, 1.54) is 10.5 Å². The fourth-order valence-electron chi connectivity index (χ4n) is 4.45. The van der Waals surface area contributed by atoms with Gasteiger partial charge in [-0.1, -0.05) is 17.7 Å². The number of sulfonamides is 1. The summed E-state index contributed by atoms with van der Waals surface area (Å²) in [7, 11) is -3.47. The number of rotatable bonds is 8. The molecule has 0 aromatic carbocycles. The molecule has 1 fully saturated rings. The largest absolute Gasteiger partial charge is 0.361 e. The van der Waals surface area contributed by atoms with Gasteiger partial charge >= 0.3 is 0 Å². The molecule has 3 N–H and O–H groups in total. The van der Waals surface area contributed by atoms with Gasteiger partial charge in [0.05, 0.1) is 18.5 Å². The molecular formula is C24H25ClN8O4S. The molecule has 0 radical (unpaired) electrons. The van der Waals surface area contributed by atoms with E-state index >= 15 is 0 Å². The molecule has 0 bridgehead atoms. The van der Waals surface area contributed by atoms with Crippen molar-refractivity contribution in [2.45, 2.75) is 25.0 Å². The molecule has 1 aliphatic rings. The molecule has 4 aromatic rings. The second-order valence-electron chi connectivity index (χ2n) is 9.05. The normalized spacial score (nSPS) is 18.1. The zero-order valence-corrected chi connectivity index (χ0v) is 21.9. The summed E-state index contributed by atoms with van der Waals surface area (Å²) in [6.07, 6.45) is 7.50. The number of H-pyrrole nitrogens is 1. The predicted octanol–water partition coefficient (Wildman–Crippen LogP) is 1.32. The number of nitrogens with zero attached hydrogens (tertiary/aromatic N) is 5. The minimum Gasteiger partial charge on any atom is -0.361 e. The van der Waals surface area contributed by atoms with Crippen LogP contribution in [-0.4, -0.2) is 68.5 Å². The van der Waals surface area contributed by atoms with Crippen LogP contribution in [0, 0.1) is 0 Å². The van der Waals surface area contributed by atoms with Gasteiger partial charge in [-0.2, -0.15) is 4.31 Å². The molecule has 12 nitrogen and oxygen atoms in total. The number of aromatic amines is 1. The Morgan fingerprint density at radius 3 is 2.79 bits per heavy atom. The molecule has 2 atom stereocenters. The lowest BCUT2D eigenvalue weighted by Gasteiger charge is -2.20. The van der Waals surface area contributed by atoms with Gasteiger partial charge in [-0.15, -0.1) is 0 Å². The summed E-state index contributed by atoms with van der Waals surface area (Å²) < 4.78 is 26.9. The highest BCUT2D eigenvalue weighted by Crippen LogP contribution is 2.29. The fourth-order valence-corrected chi connectivity index (χ4v) is 5.50. The van der Waals surface area contributed by atoms with Crippen LogP contribution >= 0.6 is 11.6 Å². The lowest BCUT2D eigenvalue weighted by atomic mass is 9.99. The summed E-state index contributed by atoms with van der Waals surface area (Å²) in [5, 5.41) is 6.77. The molecule has 1 amide bonds. The van der Waals surface area contributed by atoms with Gasteiger partial charge in [0.25, 0.3) is 5.56 Å². The molecule has 198 valence electrons. The van der Waals surface area contributed by atoms with Gasteiger partial charge in [0, 0.05) is 55.2 Å². The van der Waals surface area contributed by atoms with Gasteiger partial charge in [0.2, 0.25) is 15.9 Å². The van der Waals surface area contributed by atoms with Crippen LogP contribution in [0.15, 0.2) is 59.9 Å². The number of fused-ring (bicyclic) bond motifs is 1. The summed E-state index contributed by atoms with van der Waals surface area (Å²) in [4.78, 5) is 41.7. The molecule has 1 saturated heterocycles. The number of hydrogen-bond donors (Lipinski definition) is 3. The van der Waals surface area contributed by atoms with E-state index in [0.29, 0.717) is 5.69 Å². The highest BCUT2D eigenvalue weighted by molar-refractivity contribution is 7.88. The van der Waals surface area contributed by atoms with Gasteiger partial charge in [-0.3, -0.25) is 19.1 Å². The lowest BCUT2D eigenvalue weighted by molar-refractivity contribution is -0.121. The molecule has 4 aromatic heterocycles. The zero-order valence-electron chi connectivity index (χ0n) is 20.3. The van der Waals surface area contributed by atoms with Crippen molar-refractivity contribution in [1.29, 1.82) is 0 Å². The number of amides is 1. The number of carbonyl (C=O) groups is 1. The van der Waals surface area contributed by atoms with Crippen LogP contribution in [0.5, 0.6) is 0 Å². The number of hydrogen-bond acceptors (Lipinski definition) is 8. The van der Waals surface area contributed by atoms with E-state index in [0.717, 1.165) is 27.4 Å². The Labute approximate surface area is 223 Å². The van der Waals surface area contributed by atoms with Gasteiger partial charge in [-0.25, -0.2) is 18.4 Å². The molecule has 5 rings (SSSR count). The van der Waals surface area contributed by atoms with Gasteiger partial charge in [0.1, 0.15) is 17.3 Å². The van der Waals surface area contributed by atoms with Crippen molar-refractivity contribution in [3.8, 4) is 0 Å². The van der Waals surface area contributed by atoms with Crippen molar-refractivity contribution in [3.63, 3.8) is 0 Å². The summed E-state index contributed by atoms with van der Waals surface area (Å²) in [6, 6.07) is 8.73. The Kier molecular flexibility index (Phi) is 7.15. The van der Waals surface area contributed by atoms with E-state index < -0.39 is 27.5 Å². The van der Waals surface area contributed by atoms with Crippen LogP contribution in [0.25, 0.3) is 11.0 Å². The number of anilines is 1. The molecular weight excluding hydrogens is 532 g/mol. The van der Waals surface area contributed by atoms with E-state index in [2.05, 4.69) is 30.6 Å². The molecule has 38 heavy (non-hydrogen) atoms. The maximum atomic E-state index is 13.2. The summed E-state index contributed by atoms with van der Waals surface area (Å²) >= 11 is 6.22. The molecule has 0 unspecified atom stereocenters. The van der Waals surface area contributed by atoms with Gasteiger partial charge < -0.3 is 15.6 Å². The van der Waals surface area contributed by atoms with Crippen LogP contribution in [0.3, 0.4) is 0 Å². The maximum Gasteiger partial charge on any atom is 0.294 e. The minimum atomic E-state index is -3.47. The van der Waals surface area contributed by atoms with Crippen LogP contribution in [-0.2, 0) is 27.9 Å². The number of nitrogens with one attached hydrogen (secondary N) is 3. The lowest BCUT2D eigenvalue weighted by Crippen LogP contribution is -2.37. The van der Waals surface area contributed by atoms with Crippen molar-refractivity contribution in [2.24, 2.45) is 0 Å². The second-order valence-corrected chi connectivity index (χ2v) is 11.4. The standard InChI is InChI=1S/C24H25ClN8O4S/c1-38(36,37)32-12-17(18-4-2-3-6-26-18)19(13-32)31-23-24(35)33(20(25)11-30-23)14-21(34)28-9-15-8-16-5-7-27-22(16)29-10-15/h2-8,10-11,17,19H,9,12-14H2,1H3,(H,27,29)(H,28,34)(H,30,31)/t17-,19+/m0/s1. The Bertz CT molecular complexity index is 1640. The third-order valence-electron chi connectivity index (χ3n) is 6.40. The van der Waals surface area contributed by atoms with E-state index in [1.807, 2.05) is 24.3 Å². The van der Waals surface area contributed by atoms with Crippen molar-refractivity contribution in [3.05, 3.63) is 81.9 Å². The Morgan fingerprint density at radius 2 is 2.03 bits per heavy atom. The second kappa shape index (κ2) is 10.5. The van der Waals surface area contributed by atoms with Crippen LogP contribution in [0.4, 0.5) is 5.82 Å². The highest BCUT2D eigenvalue weighted by Gasteiger charge is 2.39. The van der Waals surface area contributed by atoms with Crippen LogP contribution in [0.2, 0.25) is 5.15 Å². The number of aromatic nitrogens is 5. The third-order valence-corrected chi connectivity index (χ3v) is 7.94. The zero-order chi connectivity index (χ0) is 26.9. The monoisotopic (exact) mass is 556 g/mol. The van der Waals surface area contributed by atoms with E-state index in [-0.39, 0.29) is 43.1 Å². The Balaban J connectivity index is 1.32. The maximum absolute atomic E-state index is 13.2. The van der Waals surface area contributed by atoms with E-state index in [1.54, 1.807) is 24.7 Å². The average Bonchev–Trinajstić information content (AvgIpc) is 3.54. The van der Waals surface area contributed by atoms with Crippen molar-refractivity contribution in [2.75, 3.05) is 24.7 Å². The van der Waals surface area contributed by atoms with Crippen molar-refractivity contribution >= 4 is 44.4 Å². The predicted molar refractivity (Wildman–Crippen MR) is 142 cm³/mol. The Morgan fingerprint density at radius 1 is 1.18 bits per heavy atom. The first-order valence-electron chi connectivity index (χ1n) is 11.8. The van der Waals surface area contributed by atoms with Crippen LogP contribution < -0.4 is 16.2 Å². The Hall–Kier alpha value is -3.81. The molecule has 0 spiro atoms. The summed E-state index contributed by atoms with van der Waals surface area (Å²) in [6.45, 7) is 0.244. The molecule has 0 saturated carbocycles. The molecule has 14 heteroatoms. The van der Waals surface area contributed by atoms with Gasteiger partial charge in [-0.05, 0) is 29.8 Å². The quantitative estimate of drug-likeness (QED) is 0.293. The first-order valence-corrected chi connectivity index (χ1v) is 14.0. The van der Waals surface area contributed by atoms with Crippen molar-refractivity contribution in [1.82, 2.24) is 34.1 Å². The topological polar surface area (TPSA) is 155 Å². The molecule has 1 aliphatic heterocycles. The smallest absolute Gasteiger partial charge is 0.294 e. The van der Waals surface area contributed by atoms with E-state index in [9.17, 15) is 18.0 Å². The minimum absolute atomic E-state index is 0.00318. The van der Waals surface area contributed by atoms with E-state index in [4.69, 9.17) is 11.6 Å². The first-order chi connectivity index (χ1) is 18.2. The summed E-state index contributed by atoms with van der Waals surface area (Å²) in [5.74, 6) is -0.771. The molecule has 5 heterocycles. The van der Waals surface area contributed by atoms with Crippen molar-refractivity contribution < 1.29 is 13.2 Å². The van der Waals surface area contributed by atoms with Gasteiger partial charge in [0.15, 0.2) is 5.82 Å². The number of pyridine rings is 2. The molecule has 0 aliphatic carbocycles. The average molecular weight is 557 g/mol.